The molecular weight excluding hydrogens is 114 g/mol. The number of halogens is 2. The van der Waals surface area contributed by atoms with Gasteiger partial charge >= 0.3 is 6.04 Å². The first-order valence-electron chi connectivity index (χ1n) is 2.26. The summed E-state index contributed by atoms with van der Waals surface area (Å²) in [4.78, 5) is 9.79. The lowest BCUT2D eigenvalue weighted by Gasteiger charge is -2.10. The van der Waals surface area contributed by atoms with Gasteiger partial charge in [-0.15, -0.1) is 0 Å². The van der Waals surface area contributed by atoms with Crippen LogP contribution < -0.4 is 0 Å². The van der Waals surface area contributed by atoms with Gasteiger partial charge in [0.1, 0.15) is 6.67 Å². The summed E-state index contributed by atoms with van der Waals surface area (Å²) in [6.07, 6.45) is 0. The largest absolute Gasteiger partial charge is 0.309 e. The number of rotatable bonds is 2. The third-order valence-corrected chi connectivity index (χ3v) is 0.866. The highest BCUT2D eigenvalue weighted by Crippen LogP contribution is 2.16. The van der Waals surface area contributed by atoms with Crippen molar-refractivity contribution in [3.8, 4) is 0 Å². The van der Waals surface area contributed by atoms with Crippen LogP contribution in [-0.2, 0) is 4.79 Å². The summed E-state index contributed by atoms with van der Waals surface area (Å²) in [5.41, 5.74) is -1.43. The molecule has 8 heavy (non-hydrogen) atoms. The van der Waals surface area contributed by atoms with Gasteiger partial charge in [-0.1, -0.05) is 0 Å². The Bertz CT molecular complexity index is 98.6. The lowest BCUT2D eigenvalue weighted by molar-refractivity contribution is -0.139. The summed E-state index contributed by atoms with van der Waals surface area (Å²) in [5, 5.41) is 0. The smallest absolute Gasteiger partial charge is 0.260 e. The maximum absolute atomic E-state index is 11.6. The second-order valence-corrected chi connectivity index (χ2v) is 2.29. The van der Waals surface area contributed by atoms with E-state index in [4.69, 9.17) is 0 Å². The normalized spacial score (nSPS) is 11.5. The zero-order valence-electron chi connectivity index (χ0n) is 4.87. The average Bonchev–Trinajstić information content (AvgIpc) is 1.67. The van der Waals surface area contributed by atoms with Gasteiger partial charge in [0.25, 0.3) is 0 Å². The molecule has 0 bridgehead atoms. The highest BCUT2D eigenvalue weighted by Gasteiger charge is 2.27. The van der Waals surface area contributed by atoms with Crippen LogP contribution in [0.15, 0.2) is 0 Å². The van der Waals surface area contributed by atoms with Crippen LogP contribution in [0.4, 0.5) is 8.78 Å². The molecule has 0 aliphatic carbocycles. The summed E-state index contributed by atoms with van der Waals surface area (Å²) in [6.45, 7) is 1.49. The van der Waals surface area contributed by atoms with Crippen LogP contribution >= 0.6 is 0 Å². The van der Waals surface area contributed by atoms with E-state index in [0.717, 1.165) is 0 Å². The molecule has 0 heterocycles. The standard InChI is InChI=1S/C5H8F2O/c1-5(2,3-6)4(7)8/h3H2,1-2H3. The Morgan fingerprint density at radius 1 is 1.62 bits per heavy atom. The first kappa shape index (κ1) is 7.53. The summed E-state index contributed by atoms with van der Waals surface area (Å²) < 4.78 is 23.2. The molecule has 0 aliphatic heterocycles. The topological polar surface area (TPSA) is 17.1 Å². The van der Waals surface area contributed by atoms with Crippen molar-refractivity contribution in [1.82, 2.24) is 0 Å². The predicted octanol–water partition coefficient (Wildman–Crippen LogP) is 1.48. The van der Waals surface area contributed by atoms with Gasteiger partial charge in [-0.05, 0) is 13.8 Å². The lowest BCUT2D eigenvalue weighted by atomic mass is 9.97. The van der Waals surface area contributed by atoms with Crippen molar-refractivity contribution in [2.24, 2.45) is 5.41 Å². The first-order valence-corrected chi connectivity index (χ1v) is 2.26. The molecule has 0 saturated heterocycles. The van der Waals surface area contributed by atoms with Crippen molar-refractivity contribution < 1.29 is 13.6 Å². The van der Waals surface area contributed by atoms with Gasteiger partial charge < -0.3 is 0 Å². The van der Waals surface area contributed by atoms with Crippen molar-refractivity contribution in [2.45, 2.75) is 13.8 Å². The summed E-state index contributed by atoms with van der Waals surface area (Å²) in [5.74, 6) is 0. The Balaban J connectivity index is 3.91. The molecule has 0 amide bonds. The van der Waals surface area contributed by atoms with Crippen LogP contribution in [0.5, 0.6) is 0 Å². The van der Waals surface area contributed by atoms with Gasteiger partial charge in [0.15, 0.2) is 0 Å². The maximum atomic E-state index is 11.6. The number of carbonyl (C=O) groups is 1. The average molecular weight is 122 g/mol. The molecule has 48 valence electrons. The molecule has 0 aliphatic rings. The maximum Gasteiger partial charge on any atom is 0.309 e. The SMILES string of the molecule is CC(C)(CF)C(=O)F. The van der Waals surface area contributed by atoms with Gasteiger partial charge in [-0.25, -0.2) is 4.39 Å². The summed E-state index contributed by atoms with van der Waals surface area (Å²) in [6, 6.07) is -1.60. The molecule has 0 aromatic rings. The monoisotopic (exact) mass is 122 g/mol. The fourth-order valence-electron chi connectivity index (χ4n) is 0.0525. The van der Waals surface area contributed by atoms with E-state index in [0.29, 0.717) is 0 Å². The van der Waals surface area contributed by atoms with Crippen molar-refractivity contribution >= 4 is 6.04 Å². The fourth-order valence-corrected chi connectivity index (χ4v) is 0.0525. The van der Waals surface area contributed by atoms with Gasteiger partial charge in [0.05, 0.1) is 5.41 Å². The predicted molar refractivity (Wildman–Crippen MR) is 25.9 cm³/mol. The highest BCUT2D eigenvalue weighted by molar-refractivity contribution is 5.74. The molecule has 0 N–H and O–H groups in total. The molecule has 0 saturated carbocycles. The highest BCUT2D eigenvalue weighted by atomic mass is 19.1. The van der Waals surface area contributed by atoms with Gasteiger partial charge in [-0.3, -0.25) is 4.79 Å². The van der Waals surface area contributed by atoms with E-state index < -0.39 is 18.1 Å². The Morgan fingerprint density at radius 3 is 2.00 bits per heavy atom. The lowest BCUT2D eigenvalue weighted by Crippen LogP contribution is -2.22. The fraction of sp³-hybridized carbons (Fsp3) is 0.800. The van der Waals surface area contributed by atoms with E-state index >= 15 is 0 Å². The zero-order chi connectivity index (χ0) is 6.78. The van der Waals surface area contributed by atoms with Gasteiger partial charge in [0, 0.05) is 0 Å². The van der Waals surface area contributed by atoms with Crippen LogP contribution in [0.1, 0.15) is 13.8 Å². The van der Waals surface area contributed by atoms with Crippen LogP contribution in [0.3, 0.4) is 0 Å². The van der Waals surface area contributed by atoms with Crippen LogP contribution in [0.2, 0.25) is 0 Å². The van der Waals surface area contributed by atoms with E-state index in [1.54, 1.807) is 0 Å². The van der Waals surface area contributed by atoms with Crippen LogP contribution in [0, 0.1) is 5.41 Å². The third kappa shape index (κ3) is 1.56. The minimum absolute atomic E-state index is 0.942. The van der Waals surface area contributed by atoms with Crippen molar-refractivity contribution in [3.05, 3.63) is 0 Å². The molecule has 0 aromatic carbocycles. The molecule has 3 heteroatoms. The first-order chi connectivity index (χ1) is 3.50. The second kappa shape index (κ2) is 2.20. The molecule has 0 unspecified atom stereocenters. The van der Waals surface area contributed by atoms with Crippen LogP contribution in [0.25, 0.3) is 0 Å². The molecular formula is C5H8F2O. The molecule has 0 radical (unpaired) electrons. The number of carbonyl (C=O) groups excluding carboxylic acids is 1. The quantitative estimate of drug-likeness (QED) is 0.507. The minimum atomic E-state index is -1.60. The van der Waals surface area contributed by atoms with E-state index in [2.05, 4.69) is 0 Å². The van der Waals surface area contributed by atoms with E-state index in [1.165, 1.54) is 13.8 Å². The number of hydrogen-bond donors (Lipinski definition) is 0. The van der Waals surface area contributed by atoms with E-state index in [1.807, 2.05) is 0 Å². The minimum Gasteiger partial charge on any atom is -0.260 e. The third-order valence-electron chi connectivity index (χ3n) is 0.866. The number of hydrogen-bond acceptors (Lipinski definition) is 1. The van der Waals surface area contributed by atoms with Crippen molar-refractivity contribution in [3.63, 3.8) is 0 Å². The Kier molecular flexibility index (Phi) is 2.07. The summed E-state index contributed by atoms with van der Waals surface area (Å²) in [7, 11) is 0. The summed E-state index contributed by atoms with van der Waals surface area (Å²) >= 11 is 0. The molecule has 1 nitrogen and oxygen atoms in total. The Labute approximate surface area is 46.7 Å². The molecule has 0 aromatic heterocycles. The Morgan fingerprint density at radius 2 is 2.00 bits per heavy atom. The number of alkyl halides is 1. The van der Waals surface area contributed by atoms with Crippen molar-refractivity contribution in [2.75, 3.05) is 6.67 Å². The van der Waals surface area contributed by atoms with Gasteiger partial charge in [-0.2, -0.15) is 4.39 Å². The van der Waals surface area contributed by atoms with Gasteiger partial charge in [0.2, 0.25) is 0 Å². The van der Waals surface area contributed by atoms with E-state index in [9.17, 15) is 13.6 Å². The second-order valence-electron chi connectivity index (χ2n) is 2.29. The Hall–Kier alpha value is -0.470. The molecule has 0 fully saturated rings. The molecule has 0 spiro atoms. The molecule has 0 rings (SSSR count). The molecule has 0 atom stereocenters. The van der Waals surface area contributed by atoms with E-state index in [-0.39, 0.29) is 0 Å². The van der Waals surface area contributed by atoms with Crippen molar-refractivity contribution in [1.29, 1.82) is 0 Å². The van der Waals surface area contributed by atoms with Crippen LogP contribution in [-0.4, -0.2) is 12.7 Å². The zero-order valence-corrected chi connectivity index (χ0v) is 4.87.